The second-order valence-electron chi connectivity index (χ2n) is 10.8. The maximum atomic E-state index is 4.92. The zero-order valence-corrected chi connectivity index (χ0v) is 21.6. The molecule has 0 aliphatic heterocycles. The van der Waals surface area contributed by atoms with Crippen molar-refractivity contribution in [2.75, 3.05) is 0 Å². The van der Waals surface area contributed by atoms with E-state index >= 15 is 0 Å². The smallest absolute Gasteiger partial charge is 0.0974 e. The molecular formula is C35H28N2. The van der Waals surface area contributed by atoms with Crippen molar-refractivity contribution in [3.63, 3.8) is 0 Å². The van der Waals surface area contributed by atoms with Gasteiger partial charge in [-0.25, -0.2) is 0 Å². The molecule has 2 heteroatoms. The first kappa shape index (κ1) is 21.9. The number of rotatable bonds is 2. The molecule has 0 N–H and O–H groups in total. The average Bonchev–Trinajstić information content (AvgIpc) is 3.14. The van der Waals surface area contributed by atoms with E-state index in [4.69, 9.17) is 9.97 Å². The van der Waals surface area contributed by atoms with E-state index in [1.807, 2.05) is 6.92 Å². The molecule has 2 aromatic heterocycles. The van der Waals surface area contributed by atoms with Crippen molar-refractivity contribution in [2.45, 2.75) is 33.1 Å². The SMILES string of the molecule is Cc1ccc2ccc3c(-c4cccc(-c5ccc6c(c5)C(C)(C)c5ccccc5-6)c4)cc(C)nc3c2n1. The monoisotopic (exact) mass is 476 g/mol. The molecule has 1 aliphatic rings. The van der Waals surface area contributed by atoms with Gasteiger partial charge < -0.3 is 0 Å². The third-order valence-electron chi connectivity index (χ3n) is 8.00. The van der Waals surface area contributed by atoms with Gasteiger partial charge in [-0.05, 0) is 82.6 Å². The molecule has 2 heterocycles. The molecule has 6 aromatic rings. The van der Waals surface area contributed by atoms with Gasteiger partial charge in [0.15, 0.2) is 0 Å². The van der Waals surface area contributed by atoms with Crippen LogP contribution >= 0.6 is 0 Å². The molecule has 1 aliphatic carbocycles. The zero-order valence-electron chi connectivity index (χ0n) is 21.6. The lowest BCUT2D eigenvalue weighted by Gasteiger charge is -2.22. The molecule has 7 rings (SSSR count). The Kier molecular flexibility index (Phi) is 4.65. The molecule has 0 bridgehead atoms. The van der Waals surface area contributed by atoms with Crippen molar-refractivity contribution in [2.24, 2.45) is 0 Å². The topological polar surface area (TPSA) is 25.8 Å². The summed E-state index contributed by atoms with van der Waals surface area (Å²) in [7, 11) is 0. The van der Waals surface area contributed by atoms with Gasteiger partial charge in [-0.15, -0.1) is 0 Å². The summed E-state index contributed by atoms with van der Waals surface area (Å²) in [5.74, 6) is 0. The van der Waals surface area contributed by atoms with Crippen molar-refractivity contribution in [3.8, 4) is 33.4 Å². The Balaban J connectivity index is 1.39. The lowest BCUT2D eigenvalue weighted by atomic mass is 9.81. The molecule has 37 heavy (non-hydrogen) atoms. The lowest BCUT2D eigenvalue weighted by Crippen LogP contribution is -2.14. The van der Waals surface area contributed by atoms with Crippen LogP contribution in [-0.4, -0.2) is 9.97 Å². The Hall–Kier alpha value is -4.30. The van der Waals surface area contributed by atoms with Gasteiger partial charge in [0.25, 0.3) is 0 Å². The maximum Gasteiger partial charge on any atom is 0.0974 e. The highest BCUT2D eigenvalue weighted by atomic mass is 14.8. The minimum Gasteiger partial charge on any atom is -0.251 e. The van der Waals surface area contributed by atoms with E-state index in [0.717, 1.165) is 33.2 Å². The molecule has 4 aromatic carbocycles. The minimum absolute atomic E-state index is 0.00977. The largest absolute Gasteiger partial charge is 0.251 e. The number of hydrogen-bond acceptors (Lipinski definition) is 2. The van der Waals surface area contributed by atoms with Gasteiger partial charge in [0.1, 0.15) is 0 Å². The number of hydrogen-bond donors (Lipinski definition) is 0. The minimum atomic E-state index is -0.00977. The molecule has 0 fully saturated rings. The fourth-order valence-corrected chi connectivity index (χ4v) is 6.09. The second-order valence-corrected chi connectivity index (χ2v) is 10.8. The normalized spacial score (nSPS) is 13.6. The van der Waals surface area contributed by atoms with Gasteiger partial charge in [-0.3, -0.25) is 9.97 Å². The van der Waals surface area contributed by atoms with Gasteiger partial charge in [0.2, 0.25) is 0 Å². The van der Waals surface area contributed by atoms with Crippen molar-refractivity contribution >= 4 is 21.8 Å². The van der Waals surface area contributed by atoms with Crippen LogP contribution in [0.5, 0.6) is 0 Å². The summed E-state index contributed by atoms with van der Waals surface area (Å²) < 4.78 is 0. The number of fused-ring (bicyclic) bond motifs is 6. The lowest BCUT2D eigenvalue weighted by molar-refractivity contribution is 0.660. The summed E-state index contributed by atoms with van der Waals surface area (Å²) in [4.78, 5) is 9.77. The Morgan fingerprint density at radius 2 is 1.24 bits per heavy atom. The van der Waals surface area contributed by atoms with Crippen LogP contribution in [0, 0.1) is 13.8 Å². The number of pyridine rings is 2. The molecule has 178 valence electrons. The summed E-state index contributed by atoms with van der Waals surface area (Å²) >= 11 is 0. The summed E-state index contributed by atoms with van der Waals surface area (Å²) in [5.41, 5.74) is 14.3. The van der Waals surface area contributed by atoms with E-state index in [9.17, 15) is 0 Å². The van der Waals surface area contributed by atoms with Crippen LogP contribution < -0.4 is 0 Å². The quantitative estimate of drug-likeness (QED) is 0.233. The van der Waals surface area contributed by atoms with E-state index in [1.165, 1.54) is 44.5 Å². The van der Waals surface area contributed by atoms with Crippen molar-refractivity contribution in [1.29, 1.82) is 0 Å². The van der Waals surface area contributed by atoms with Gasteiger partial charge in [0, 0.05) is 27.6 Å². The van der Waals surface area contributed by atoms with Crippen LogP contribution in [0.25, 0.3) is 55.2 Å². The molecule has 0 spiro atoms. The van der Waals surface area contributed by atoms with E-state index in [-0.39, 0.29) is 5.41 Å². The van der Waals surface area contributed by atoms with Crippen LogP contribution in [0.3, 0.4) is 0 Å². The predicted molar refractivity (Wildman–Crippen MR) is 155 cm³/mol. The van der Waals surface area contributed by atoms with Gasteiger partial charge in [-0.1, -0.05) is 86.6 Å². The van der Waals surface area contributed by atoms with E-state index in [1.54, 1.807) is 0 Å². The van der Waals surface area contributed by atoms with Gasteiger partial charge >= 0.3 is 0 Å². The Labute approximate surface area is 217 Å². The highest BCUT2D eigenvalue weighted by Crippen LogP contribution is 2.49. The standard InChI is InChI=1S/C35H28N2/c1-21-12-13-23-14-17-29-30(18-22(2)37-34(29)33(23)36-21)26-9-7-8-24(19-26)25-15-16-28-27-10-5-6-11-31(27)35(3,4)32(28)20-25/h5-20H,1-4H3. The Bertz CT molecular complexity index is 1880. The third-order valence-corrected chi connectivity index (χ3v) is 8.00. The first-order valence-electron chi connectivity index (χ1n) is 12.9. The number of aryl methyl sites for hydroxylation is 2. The Morgan fingerprint density at radius 1 is 0.514 bits per heavy atom. The first-order chi connectivity index (χ1) is 17.9. The molecule has 0 amide bonds. The number of nitrogens with zero attached hydrogens (tertiary/aromatic N) is 2. The summed E-state index contributed by atoms with van der Waals surface area (Å²) in [6.07, 6.45) is 0. The summed E-state index contributed by atoms with van der Waals surface area (Å²) in [6.45, 7) is 8.78. The third kappa shape index (κ3) is 3.33. The summed E-state index contributed by atoms with van der Waals surface area (Å²) in [6, 6.07) is 35.4. The molecule has 0 radical (unpaired) electrons. The van der Waals surface area contributed by atoms with E-state index in [2.05, 4.69) is 118 Å². The molecule has 0 saturated heterocycles. The molecule has 0 unspecified atom stereocenters. The van der Waals surface area contributed by atoms with Crippen molar-refractivity contribution in [1.82, 2.24) is 9.97 Å². The summed E-state index contributed by atoms with van der Waals surface area (Å²) in [5, 5.41) is 2.26. The second kappa shape index (κ2) is 7.85. The van der Waals surface area contributed by atoms with E-state index < -0.39 is 0 Å². The average molecular weight is 477 g/mol. The highest BCUT2D eigenvalue weighted by molar-refractivity contribution is 6.08. The van der Waals surface area contributed by atoms with Crippen LogP contribution in [0.15, 0.2) is 97.1 Å². The van der Waals surface area contributed by atoms with Crippen LogP contribution in [-0.2, 0) is 5.41 Å². The first-order valence-corrected chi connectivity index (χ1v) is 12.9. The van der Waals surface area contributed by atoms with Crippen LogP contribution in [0.2, 0.25) is 0 Å². The number of benzene rings is 4. The maximum absolute atomic E-state index is 4.92. The van der Waals surface area contributed by atoms with E-state index in [0.29, 0.717) is 0 Å². The van der Waals surface area contributed by atoms with Crippen molar-refractivity contribution < 1.29 is 0 Å². The molecule has 2 nitrogen and oxygen atoms in total. The van der Waals surface area contributed by atoms with Crippen LogP contribution in [0.4, 0.5) is 0 Å². The zero-order chi connectivity index (χ0) is 25.3. The number of aromatic nitrogens is 2. The Morgan fingerprint density at radius 3 is 2.14 bits per heavy atom. The van der Waals surface area contributed by atoms with Crippen LogP contribution in [0.1, 0.15) is 36.4 Å². The van der Waals surface area contributed by atoms with Crippen molar-refractivity contribution in [3.05, 3.63) is 120 Å². The molecular weight excluding hydrogens is 448 g/mol. The molecule has 0 saturated carbocycles. The fourth-order valence-electron chi connectivity index (χ4n) is 6.09. The van der Waals surface area contributed by atoms with Gasteiger partial charge in [-0.2, -0.15) is 0 Å². The fraction of sp³-hybridized carbons (Fsp3) is 0.143. The highest BCUT2D eigenvalue weighted by Gasteiger charge is 2.35. The predicted octanol–water partition coefficient (Wildman–Crippen LogP) is 9.04. The van der Waals surface area contributed by atoms with Gasteiger partial charge in [0.05, 0.1) is 11.0 Å². The molecule has 0 atom stereocenters.